The van der Waals surface area contributed by atoms with E-state index < -0.39 is 0 Å². The molecule has 0 bridgehead atoms. The third kappa shape index (κ3) is 5.52. The van der Waals surface area contributed by atoms with Crippen LogP contribution in [0.2, 0.25) is 0 Å². The molecular formula is C62H46N2S. The quantitative estimate of drug-likeness (QED) is 0.170. The molecule has 2 nitrogen and oxygen atoms in total. The molecule has 0 radical (unpaired) electrons. The molecule has 0 fully saturated rings. The zero-order valence-electron chi connectivity index (χ0n) is 36.9. The molecule has 65 heavy (non-hydrogen) atoms. The second kappa shape index (κ2) is 14.0. The van der Waals surface area contributed by atoms with E-state index in [0.29, 0.717) is 0 Å². The lowest BCUT2D eigenvalue weighted by molar-refractivity contribution is 0.632. The van der Waals surface area contributed by atoms with Gasteiger partial charge in [0, 0.05) is 37.4 Å². The van der Waals surface area contributed by atoms with Crippen LogP contribution in [0.25, 0.3) is 64.0 Å². The van der Waals surface area contributed by atoms with Gasteiger partial charge in [-0.3, -0.25) is 0 Å². The second-order valence-corrected chi connectivity index (χ2v) is 19.9. The van der Waals surface area contributed by atoms with Crippen LogP contribution in [-0.4, -0.2) is 0 Å². The van der Waals surface area contributed by atoms with E-state index >= 15 is 0 Å². The molecule has 0 atom stereocenters. The van der Waals surface area contributed by atoms with Gasteiger partial charge in [-0.25, -0.2) is 0 Å². The molecule has 1 aliphatic carbocycles. The highest BCUT2D eigenvalue weighted by atomic mass is 32.1. The average Bonchev–Trinajstić information content (AvgIpc) is 3.84. The van der Waals surface area contributed by atoms with E-state index in [1.165, 1.54) is 103 Å². The standard InChI is InChI=1S/C62H46N2S/c1-61(2)50-26-11-9-22-46(50)47-34-33-42(38-53(47)61)63(56-29-16-25-49-48-23-10-14-30-58(48)65-60(49)56)55-36-32-40-18-6-8-21-45(40)59(55)64-54-28-13-12-27-51(54)62(3,4)52-35-31-41(37-57(52)64)44-24-15-19-39-17-5-7-20-43(39)44/h5-38H,1-4H3. The third-order valence-corrected chi connectivity index (χ3v) is 15.8. The lowest BCUT2D eigenvalue weighted by Crippen LogP contribution is -2.31. The van der Waals surface area contributed by atoms with Crippen LogP contribution in [0.3, 0.4) is 0 Å². The number of thiophene rings is 1. The van der Waals surface area contributed by atoms with Gasteiger partial charge in [0.15, 0.2) is 0 Å². The van der Waals surface area contributed by atoms with Gasteiger partial charge in [0.25, 0.3) is 0 Å². The van der Waals surface area contributed by atoms with E-state index in [4.69, 9.17) is 0 Å². The van der Waals surface area contributed by atoms with Crippen molar-refractivity contribution in [3.05, 3.63) is 229 Å². The minimum absolute atomic E-state index is 0.169. The van der Waals surface area contributed by atoms with Crippen LogP contribution in [0.1, 0.15) is 49.9 Å². The van der Waals surface area contributed by atoms with Crippen molar-refractivity contribution in [3.63, 3.8) is 0 Å². The summed E-state index contributed by atoms with van der Waals surface area (Å²) in [6, 6.07) is 77.4. The lowest BCUT2D eigenvalue weighted by atomic mass is 9.73. The molecule has 2 heterocycles. The Balaban J connectivity index is 1.14. The maximum absolute atomic E-state index is 2.60. The molecule has 10 aromatic carbocycles. The van der Waals surface area contributed by atoms with Crippen molar-refractivity contribution in [3.8, 4) is 22.3 Å². The summed E-state index contributed by atoms with van der Waals surface area (Å²) in [6.45, 7) is 9.55. The van der Waals surface area contributed by atoms with Gasteiger partial charge in [0.2, 0.25) is 0 Å². The van der Waals surface area contributed by atoms with Crippen LogP contribution in [0.4, 0.5) is 34.1 Å². The number of nitrogens with zero attached hydrogens (tertiary/aromatic N) is 2. The molecule has 0 unspecified atom stereocenters. The molecule has 0 amide bonds. The Hall–Kier alpha value is -7.46. The summed E-state index contributed by atoms with van der Waals surface area (Å²) >= 11 is 1.89. The molecule has 3 heteroatoms. The summed E-state index contributed by atoms with van der Waals surface area (Å²) in [7, 11) is 0. The van der Waals surface area contributed by atoms with Crippen LogP contribution in [0.15, 0.2) is 206 Å². The van der Waals surface area contributed by atoms with Crippen LogP contribution >= 0.6 is 11.3 Å². The fourth-order valence-electron chi connectivity index (χ4n) is 11.4. The molecule has 310 valence electrons. The Morgan fingerprint density at radius 1 is 0.400 bits per heavy atom. The van der Waals surface area contributed by atoms with Gasteiger partial charge < -0.3 is 9.80 Å². The summed E-state index contributed by atoms with van der Waals surface area (Å²) in [5.74, 6) is 0. The first-order valence-corrected chi connectivity index (χ1v) is 23.6. The van der Waals surface area contributed by atoms with Gasteiger partial charge >= 0.3 is 0 Å². The first kappa shape index (κ1) is 38.0. The fourth-order valence-corrected chi connectivity index (χ4v) is 12.6. The van der Waals surface area contributed by atoms with Gasteiger partial charge in [0.1, 0.15) is 0 Å². The largest absolute Gasteiger partial charge is 0.307 e. The third-order valence-electron chi connectivity index (χ3n) is 14.6. The average molecular weight is 851 g/mol. The fraction of sp³-hybridized carbons (Fsp3) is 0.0968. The number of fused-ring (bicyclic) bond motifs is 10. The second-order valence-electron chi connectivity index (χ2n) is 18.9. The van der Waals surface area contributed by atoms with Crippen molar-refractivity contribution < 1.29 is 0 Å². The minimum Gasteiger partial charge on any atom is -0.307 e. The Labute approximate surface area is 384 Å². The monoisotopic (exact) mass is 850 g/mol. The van der Waals surface area contributed by atoms with Crippen LogP contribution < -0.4 is 9.80 Å². The van der Waals surface area contributed by atoms with E-state index in [2.05, 4.69) is 244 Å². The van der Waals surface area contributed by atoms with Gasteiger partial charge in [-0.05, 0) is 103 Å². The molecule has 0 saturated carbocycles. The number of para-hydroxylation sites is 1. The lowest BCUT2D eigenvalue weighted by Gasteiger charge is -2.44. The molecule has 1 aromatic heterocycles. The normalized spacial score (nSPS) is 14.4. The Bertz CT molecular complexity index is 3750. The van der Waals surface area contributed by atoms with E-state index in [1.807, 2.05) is 11.3 Å². The van der Waals surface area contributed by atoms with Gasteiger partial charge in [0.05, 0.1) is 33.1 Å². The van der Waals surface area contributed by atoms with E-state index in [-0.39, 0.29) is 10.8 Å². The van der Waals surface area contributed by atoms with Crippen molar-refractivity contribution in [1.29, 1.82) is 0 Å². The van der Waals surface area contributed by atoms with Crippen molar-refractivity contribution in [2.75, 3.05) is 9.80 Å². The Morgan fingerprint density at radius 3 is 1.88 bits per heavy atom. The maximum atomic E-state index is 2.60. The zero-order chi connectivity index (χ0) is 43.6. The highest BCUT2D eigenvalue weighted by Gasteiger charge is 2.40. The minimum atomic E-state index is -0.257. The highest BCUT2D eigenvalue weighted by Crippen LogP contribution is 2.59. The maximum Gasteiger partial charge on any atom is 0.0781 e. The summed E-state index contributed by atoms with van der Waals surface area (Å²) in [5, 5.41) is 7.47. The predicted molar refractivity (Wildman–Crippen MR) is 279 cm³/mol. The Kier molecular flexibility index (Phi) is 8.20. The number of hydrogen-bond acceptors (Lipinski definition) is 3. The first-order chi connectivity index (χ1) is 31.8. The molecule has 11 aromatic rings. The van der Waals surface area contributed by atoms with Crippen molar-refractivity contribution in [2.45, 2.75) is 38.5 Å². The van der Waals surface area contributed by atoms with Crippen molar-refractivity contribution in [2.24, 2.45) is 0 Å². The zero-order valence-corrected chi connectivity index (χ0v) is 37.7. The van der Waals surface area contributed by atoms with E-state index in [9.17, 15) is 0 Å². The number of anilines is 6. The van der Waals surface area contributed by atoms with Crippen LogP contribution in [0, 0.1) is 0 Å². The van der Waals surface area contributed by atoms with Gasteiger partial charge in [-0.1, -0.05) is 191 Å². The van der Waals surface area contributed by atoms with Gasteiger partial charge in [-0.15, -0.1) is 11.3 Å². The molecular weight excluding hydrogens is 805 g/mol. The summed E-state index contributed by atoms with van der Waals surface area (Å²) < 4.78 is 2.57. The predicted octanol–water partition coefficient (Wildman–Crippen LogP) is 17.9. The Morgan fingerprint density at radius 2 is 1.02 bits per heavy atom. The summed E-state index contributed by atoms with van der Waals surface area (Å²) in [5.41, 5.74) is 17.0. The number of rotatable bonds is 5. The molecule has 0 saturated heterocycles. The SMILES string of the molecule is CC1(C)c2ccccc2-c2ccc(N(c3ccc4ccccc4c3N3c4ccccc4C(C)(C)c4ccc(-c5cccc6ccccc56)cc43)c3cccc4c3sc3ccccc34)cc21. The molecule has 0 N–H and O–H groups in total. The number of benzene rings is 10. The molecule has 1 aliphatic heterocycles. The first-order valence-electron chi connectivity index (χ1n) is 22.8. The smallest absolute Gasteiger partial charge is 0.0781 e. The van der Waals surface area contributed by atoms with Crippen LogP contribution in [0.5, 0.6) is 0 Å². The summed E-state index contributed by atoms with van der Waals surface area (Å²) in [6.07, 6.45) is 0. The topological polar surface area (TPSA) is 6.48 Å². The van der Waals surface area contributed by atoms with E-state index in [1.54, 1.807) is 0 Å². The molecule has 0 spiro atoms. The van der Waals surface area contributed by atoms with Gasteiger partial charge in [-0.2, -0.15) is 0 Å². The van der Waals surface area contributed by atoms with E-state index in [0.717, 1.165) is 17.1 Å². The number of hydrogen-bond donors (Lipinski definition) is 0. The molecule has 13 rings (SSSR count). The highest BCUT2D eigenvalue weighted by molar-refractivity contribution is 7.26. The summed E-state index contributed by atoms with van der Waals surface area (Å²) in [4.78, 5) is 5.18. The van der Waals surface area contributed by atoms with Crippen LogP contribution in [-0.2, 0) is 10.8 Å². The molecule has 2 aliphatic rings. The van der Waals surface area contributed by atoms with Crippen molar-refractivity contribution >= 4 is 87.2 Å². The van der Waals surface area contributed by atoms with Crippen molar-refractivity contribution in [1.82, 2.24) is 0 Å².